The van der Waals surface area contributed by atoms with Crippen LogP contribution in [-0.4, -0.2) is 58.0 Å². The molecule has 90 valence electrons. The monoisotopic (exact) mass is 216 g/mol. The van der Waals surface area contributed by atoms with Crippen LogP contribution in [-0.2, 0) is 9.47 Å². The average Bonchev–Trinajstić information content (AvgIpc) is 2.27. The summed E-state index contributed by atoms with van der Waals surface area (Å²) in [5, 5.41) is 0. The third kappa shape index (κ3) is 4.07. The molecule has 2 unspecified atom stereocenters. The predicted molar refractivity (Wildman–Crippen MR) is 60.9 cm³/mol. The molecule has 0 radical (unpaired) electrons. The molecule has 0 aromatic carbocycles. The number of hydrogen-bond acceptors (Lipinski definition) is 4. The van der Waals surface area contributed by atoms with E-state index in [1.807, 2.05) is 0 Å². The maximum Gasteiger partial charge on any atom is 0.0630 e. The Labute approximate surface area is 92.7 Å². The van der Waals surface area contributed by atoms with Gasteiger partial charge in [-0.05, 0) is 25.3 Å². The van der Waals surface area contributed by atoms with Crippen molar-refractivity contribution in [3.05, 3.63) is 0 Å². The molecule has 1 saturated heterocycles. The van der Waals surface area contributed by atoms with Crippen LogP contribution in [0.5, 0.6) is 0 Å². The maximum absolute atomic E-state index is 5.76. The molecular formula is C11H24N2O2. The van der Waals surface area contributed by atoms with Crippen LogP contribution in [0, 0.1) is 5.92 Å². The topological polar surface area (TPSA) is 47.7 Å². The van der Waals surface area contributed by atoms with Crippen molar-refractivity contribution in [1.29, 1.82) is 0 Å². The first kappa shape index (κ1) is 12.9. The van der Waals surface area contributed by atoms with Crippen molar-refractivity contribution < 1.29 is 9.47 Å². The quantitative estimate of drug-likeness (QED) is 0.694. The van der Waals surface area contributed by atoms with Gasteiger partial charge >= 0.3 is 0 Å². The predicted octanol–water partition coefficient (Wildman–Crippen LogP) is 0.319. The maximum atomic E-state index is 5.76. The van der Waals surface area contributed by atoms with E-state index in [1.165, 1.54) is 12.8 Å². The molecule has 0 aliphatic carbocycles. The summed E-state index contributed by atoms with van der Waals surface area (Å²) in [6.07, 6.45) is 2.52. The van der Waals surface area contributed by atoms with Gasteiger partial charge in [0, 0.05) is 33.4 Å². The lowest BCUT2D eigenvalue weighted by atomic mass is 9.97. The summed E-state index contributed by atoms with van der Waals surface area (Å²) >= 11 is 0. The number of nitrogens with two attached hydrogens (primary N) is 1. The molecule has 0 aromatic rings. The second-order valence-electron chi connectivity index (χ2n) is 4.30. The third-order valence-corrected chi connectivity index (χ3v) is 3.10. The number of likely N-dealkylation sites (tertiary alicyclic amines) is 1. The summed E-state index contributed by atoms with van der Waals surface area (Å²) < 4.78 is 10.4. The lowest BCUT2D eigenvalue weighted by molar-refractivity contribution is 0.0395. The van der Waals surface area contributed by atoms with Gasteiger partial charge in [-0.25, -0.2) is 0 Å². The summed E-state index contributed by atoms with van der Waals surface area (Å²) in [5.74, 6) is 0.662. The van der Waals surface area contributed by atoms with E-state index in [9.17, 15) is 0 Å². The van der Waals surface area contributed by atoms with E-state index in [0.29, 0.717) is 18.5 Å². The normalized spacial score (nSPS) is 25.4. The smallest absolute Gasteiger partial charge is 0.0630 e. The van der Waals surface area contributed by atoms with Crippen LogP contribution in [0.25, 0.3) is 0 Å². The molecule has 4 nitrogen and oxygen atoms in total. The number of methoxy groups -OCH3 is 2. The van der Waals surface area contributed by atoms with Gasteiger partial charge in [0.2, 0.25) is 0 Å². The molecule has 4 heteroatoms. The van der Waals surface area contributed by atoms with Crippen LogP contribution in [0.1, 0.15) is 12.8 Å². The summed E-state index contributed by atoms with van der Waals surface area (Å²) in [7, 11) is 3.51. The first-order chi connectivity index (χ1) is 7.31. The van der Waals surface area contributed by atoms with Crippen LogP contribution < -0.4 is 5.73 Å². The van der Waals surface area contributed by atoms with Gasteiger partial charge < -0.3 is 15.2 Å². The molecule has 1 rings (SSSR count). The fourth-order valence-electron chi connectivity index (χ4n) is 2.32. The Morgan fingerprint density at radius 1 is 1.40 bits per heavy atom. The highest BCUT2D eigenvalue weighted by atomic mass is 16.5. The molecule has 1 heterocycles. The van der Waals surface area contributed by atoms with Crippen LogP contribution >= 0.6 is 0 Å². The number of hydrogen-bond donors (Lipinski definition) is 1. The number of ether oxygens (including phenoxy) is 2. The molecule has 2 N–H and O–H groups in total. The summed E-state index contributed by atoms with van der Waals surface area (Å²) in [6, 6.07) is 0.370. The van der Waals surface area contributed by atoms with E-state index in [0.717, 1.165) is 26.3 Å². The Morgan fingerprint density at radius 2 is 2.20 bits per heavy atom. The van der Waals surface area contributed by atoms with E-state index < -0.39 is 0 Å². The fourth-order valence-corrected chi connectivity index (χ4v) is 2.32. The highest BCUT2D eigenvalue weighted by Crippen LogP contribution is 2.18. The van der Waals surface area contributed by atoms with E-state index in [1.54, 1.807) is 14.2 Å². The van der Waals surface area contributed by atoms with Crippen molar-refractivity contribution in [3.63, 3.8) is 0 Å². The third-order valence-electron chi connectivity index (χ3n) is 3.10. The van der Waals surface area contributed by atoms with E-state index in [4.69, 9.17) is 15.2 Å². The van der Waals surface area contributed by atoms with Gasteiger partial charge in [-0.2, -0.15) is 0 Å². The second kappa shape index (κ2) is 7.17. The van der Waals surface area contributed by atoms with Gasteiger partial charge in [0.15, 0.2) is 0 Å². The van der Waals surface area contributed by atoms with E-state index >= 15 is 0 Å². The Balaban J connectivity index is 2.39. The fraction of sp³-hybridized carbons (Fsp3) is 1.00. The zero-order chi connectivity index (χ0) is 11.1. The van der Waals surface area contributed by atoms with Crippen molar-refractivity contribution in [2.24, 2.45) is 11.7 Å². The summed E-state index contributed by atoms with van der Waals surface area (Å²) in [6.45, 7) is 4.51. The van der Waals surface area contributed by atoms with Crippen molar-refractivity contribution >= 4 is 0 Å². The van der Waals surface area contributed by atoms with Gasteiger partial charge in [-0.3, -0.25) is 4.90 Å². The van der Waals surface area contributed by atoms with Gasteiger partial charge in [0.25, 0.3) is 0 Å². The molecule has 1 aliphatic heterocycles. The van der Waals surface area contributed by atoms with Crippen LogP contribution in [0.2, 0.25) is 0 Å². The van der Waals surface area contributed by atoms with E-state index in [-0.39, 0.29) is 0 Å². The molecule has 1 aliphatic rings. The van der Waals surface area contributed by atoms with Crippen LogP contribution in [0.15, 0.2) is 0 Å². The zero-order valence-electron chi connectivity index (χ0n) is 9.95. The van der Waals surface area contributed by atoms with Crippen molar-refractivity contribution in [3.8, 4) is 0 Å². The lowest BCUT2D eigenvalue weighted by Gasteiger charge is -2.37. The lowest BCUT2D eigenvalue weighted by Crippen LogP contribution is -2.49. The minimum absolute atomic E-state index is 0.370. The first-order valence-electron chi connectivity index (χ1n) is 5.73. The van der Waals surface area contributed by atoms with Gasteiger partial charge in [0.1, 0.15) is 0 Å². The Bertz CT molecular complexity index is 165. The van der Waals surface area contributed by atoms with Crippen molar-refractivity contribution in [2.75, 3.05) is 47.1 Å². The van der Waals surface area contributed by atoms with Crippen LogP contribution in [0.4, 0.5) is 0 Å². The molecular weight excluding hydrogens is 192 g/mol. The van der Waals surface area contributed by atoms with E-state index in [2.05, 4.69) is 4.90 Å². The molecule has 0 saturated carbocycles. The highest BCUT2D eigenvalue weighted by Gasteiger charge is 2.24. The largest absolute Gasteiger partial charge is 0.384 e. The van der Waals surface area contributed by atoms with Crippen molar-refractivity contribution in [1.82, 2.24) is 4.90 Å². The zero-order valence-corrected chi connectivity index (χ0v) is 9.95. The molecule has 0 amide bonds. The van der Waals surface area contributed by atoms with Gasteiger partial charge in [-0.15, -0.1) is 0 Å². The highest BCUT2D eigenvalue weighted by molar-refractivity contribution is 4.79. The SMILES string of the molecule is COCC1CCCN(C(CN)COC)C1. The van der Waals surface area contributed by atoms with Crippen molar-refractivity contribution in [2.45, 2.75) is 18.9 Å². The Hall–Kier alpha value is -0.160. The number of rotatable bonds is 6. The average molecular weight is 216 g/mol. The molecule has 1 fully saturated rings. The summed E-state index contributed by atoms with van der Waals surface area (Å²) in [4.78, 5) is 2.44. The Morgan fingerprint density at radius 3 is 2.80 bits per heavy atom. The summed E-state index contributed by atoms with van der Waals surface area (Å²) in [5.41, 5.74) is 5.76. The van der Waals surface area contributed by atoms with Gasteiger partial charge in [-0.1, -0.05) is 0 Å². The molecule has 15 heavy (non-hydrogen) atoms. The minimum Gasteiger partial charge on any atom is -0.384 e. The standard InChI is InChI=1S/C11H24N2O2/c1-14-8-10-4-3-5-13(7-10)11(6-12)9-15-2/h10-11H,3-9,12H2,1-2H3. The molecule has 0 bridgehead atoms. The number of piperidine rings is 1. The molecule has 2 atom stereocenters. The second-order valence-corrected chi connectivity index (χ2v) is 4.30. The Kier molecular flexibility index (Phi) is 6.17. The molecule has 0 aromatic heterocycles. The minimum atomic E-state index is 0.370. The number of nitrogens with zero attached hydrogens (tertiary/aromatic N) is 1. The van der Waals surface area contributed by atoms with Gasteiger partial charge in [0.05, 0.1) is 13.2 Å². The van der Waals surface area contributed by atoms with Crippen LogP contribution in [0.3, 0.4) is 0 Å². The molecule has 0 spiro atoms. The first-order valence-corrected chi connectivity index (χ1v) is 5.73.